The number of pyridine rings is 1. The second-order valence-electron chi connectivity index (χ2n) is 8.44. The molecule has 3 aromatic carbocycles. The number of piperidine rings is 1. The number of hydrogen-bond donors (Lipinski definition) is 0. The molecule has 1 aliphatic heterocycles. The fraction of sp³-hybridized carbons (Fsp3) is 0.185. The molecule has 0 spiro atoms. The number of likely N-dealkylation sites (tertiary alicyclic amines) is 1. The zero-order chi connectivity index (χ0) is 24.6. The van der Waals surface area contributed by atoms with E-state index in [4.69, 9.17) is 16.3 Å². The van der Waals surface area contributed by atoms with Crippen LogP contribution in [0.4, 0.5) is 18.0 Å². The number of fused-ring (bicyclic) bond motifs is 2. The van der Waals surface area contributed by atoms with Crippen molar-refractivity contribution in [3.8, 4) is 11.5 Å². The largest absolute Gasteiger partial charge is 0.457 e. The van der Waals surface area contributed by atoms with Crippen molar-refractivity contribution in [3.05, 3.63) is 83.4 Å². The van der Waals surface area contributed by atoms with Crippen LogP contribution in [0.3, 0.4) is 0 Å². The van der Waals surface area contributed by atoms with Crippen molar-refractivity contribution in [2.24, 2.45) is 0 Å². The molecule has 0 radical (unpaired) electrons. The Balaban J connectivity index is 1.38. The molecule has 0 aliphatic carbocycles. The zero-order valence-electron chi connectivity index (χ0n) is 18.5. The number of hydrogen-bond acceptors (Lipinski definition) is 3. The molecule has 1 aliphatic rings. The molecule has 178 valence electrons. The average molecular weight is 497 g/mol. The minimum atomic E-state index is -4.47. The lowest BCUT2D eigenvalue weighted by molar-refractivity contribution is -0.136. The summed E-state index contributed by atoms with van der Waals surface area (Å²) in [5.41, 5.74) is 1.86. The Kier molecular flexibility index (Phi) is 6.11. The molecule has 1 amide bonds. The highest BCUT2D eigenvalue weighted by molar-refractivity contribution is 6.62. The Morgan fingerprint density at radius 2 is 1.69 bits per heavy atom. The third-order valence-electron chi connectivity index (χ3n) is 6.03. The molecule has 5 rings (SSSR count). The summed E-state index contributed by atoms with van der Waals surface area (Å²) in [5.74, 6) is 1.20. The maximum absolute atomic E-state index is 13.4. The first-order chi connectivity index (χ1) is 16.8. The summed E-state index contributed by atoms with van der Waals surface area (Å²) < 4.78 is 46.2. The van der Waals surface area contributed by atoms with E-state index in [0.717, 1.165) is 24.5 Å². The van der Waals surface area contributed by atoms with E-state index in [1.54, 1.807) is 35.2 Å². The minimum absolute atomic E-state index is 0.0665. The fourth-order valence-electron chi connectivity index (χ4n) is 4.29. The first-order valence-electron chi connectivity index (χ1n) is 11.1. The van der Waals surface area contributed by atoms with E-state index < -0.39 is 17.1 Å². The number of alkyl halides is 3. The lowest BCUT2D eigenvalue weighted by Gasteiger charge is -2.26. The Morgan fingerprint density at radius 1 is 0.943 bits per heavy atom. The van der Waals surface area contributed by atoms with Crippen LogP contribution in [0.1, 0.15) is 24.0 Å². The maximum Gasteiger partial charge on any atom is 0.418 e. The molecule has 4 nitrogen and oxygen atoms in total. The number of aromatic nitrogens is 1. The van der Waals surface area contributed by atoms with Crippen LogP contribution in [0.5, 0.6) is 11.5 Å². The summed E-state index contributed by atoms with van der Waals surface area (Å²) in [6.45, 7) is 1.21. The van der Waals surface area contributed by atoms with Crippen molar-refractivity contribution in [2.75, 3.05) is 13.1 Å². The monoisotopic (exact) mass is 496 g/mol. The number of nitrogens with zero attached hydrogens (tertiary/aromatic N) is 2. The van der Waals surface area contributed by atoms with E-state index in [9.17, 15) is 18.0 Å². The number of amides is 1. The van der Waals surface area contributed by atoms with Gasteiger partial charge in [-0.2, -0.15) is 13.2 Å². The van der Waals surface area contributed by atoms with Crippen molar-refractivity contribution >= 4 is 44.8 Å². The van der Waals surface area contributed by atoms with Crippen LogP contribution >= 0.6 is 11.6 Å². The van der Waals surface area contributed by atoms with Crippen molar-refractivity contribution in [1.82, 2.24) is 9.88 Å². The third-order valence-corrected chi connectivity index (χ3v) is 6.27. The van der Waals surface area contributed by atoms with Gasteiger partial charge in [-0.15, -0.1) is 0 Å². The first kappa shape index (κ1) is 23.2. The van der Waals surface area contributed by atoms with Gasteiger partial charge in [0.1, 0.15) is 11.5 Å². The van der Waals surface area contributed by atoms with Crippen molar-refractivity contribution in [3.63, 3.8) is 0 Å². The third kappa shape index (κ3) is 5.10. The van der Waals surface area contributed by atoms with Crippen LogP contribution in [0.25, 0.3) is 27.9 Å². The van der Waals surface area contributed by atoms with Gasteiger partial charge in [0.05, 0.1) is 16.6 Å². The molecule has 35 heavy (non-hydrogen) atoms. The van der Waals surface area contributed by atoms with Crippen molar-refractivity contribution < 1.29 is 22.7 Å². The summed E-state index contributed by atoms with van der Waals surface area (Å²) in [5, 5.41) is 0.687. The van der Waals surface area contributed by atoms with Crippen LogP contribution < -0.4 is 4.74 Å². The molecular formula is C27H20ClF3N2O2. The lowest BCUT2D eigenvalue weighted by Crippen LogP contribution is -2.32. The second-order valence-corrected chi connectivity index (χ2v) is 8.76. The first-order valence-corrected chi connectivity index (χ1v) is 11.5. The van der Waals surface area contributed by atoms with E-state index in [0.29, 0.717) is 40.9 Å². The summed E-state index contributed by atoms with van der Waals surface area (Å²) in [6, 6.07) is 18.5. The quantitative estimate of drug-likeness (QED) is 0.164. The SMILES string of the molecule is O=C(Cl)N1CCC(=Cc2cccc(Oc3ccc4nc5c(C(F)(F)F)cccc5cc4c3)c2)CC1. The highest BCUT2D eigenvalue weighted by Gasteiger charge is 2.33. The molecular weight excluding hydrogens is 477 g/mol. The van der Waals surface area contributed by atoms with Gasteiger partial charge in [0, 0.05) is 23.9 Å². The lowest BCUT2D eigenvalue weighted by atomic mass is 10.0. The van der Waals surface area contributed by atoms with Gasteiger partial charge in [-0.25, -0.2) is 4.98 Å². The number of benzene rings is 3. The number of carbonyl (C=O) groups is 1. The molecule has 8 heteroatoms. The topological polar surface area (TPSA) is 42.4 Å². The van der Waals surface area contributed by atoms with Crippen molar-refractivity contribution in [1.29, 1.82) is 0 Å². The number of carbonyl (C=O) groups excluding carboxylic acids is 1. The molecule has 2 heterocycles. The molecule has 0 N–H and O–H groups in total. The van der Waals surface area contributed by atoms with E-state index in [2.05, 4.69) is 11.1 Å². The number of rotatable bonds is 3. The summed E-state index contributed by atoms with van der Waals surface area (Å²) >= 11 is 5.55. The predicted molar refractivity (Wildman–Crippen MR) is 131 cm³/mol. The van der Waals surface area contributed by atoms with Crippen LogP contribution in [0.15, 0.2) is 72.3 Å². The number of para-hydroxylation sites is 1. The molecule has 0 atom stereocenters. The Morgan fingerprint density at radius 3 is 2.43 bits per heavy atom. The van der Waals surface area contributed by atoms with Crippen LogP contribution in [0, 0.1) is 0 Å². The maximum atomic E-state index is 13.4. The number of ether oxygens (including phenoxy) is 1. The number of halogens is 4. The van der Waals surface area contributed by atoms with E-state index in [-0.39, 0.29) is 5.52 Å². The van der Waals surface area contributed by atoms with Gasteiger partial charge in [0.15, 0.2) is 0 Å². The minimum Gasteiger partial charge on any atom is -0.457 e. The molecule has 1 aromatic heterocycles. The summed E-state index contributed by atoms with van der Waals surface area (Å²) in [7, 11) is 0. The summed E-state index contributed by atoms with van der Waals surface area (Å²) in [6.07, 6.45) is -0.837. The second kappa shape index (κ2) is 9.23. The average Bonchev–Trinajstić information content (AvgIpc) is 2.82. The van der Waals surface area contributed by atoms with Crippen LogP contribution in [-0.4, -0.2) is 28.3 Å². The zero-order valence-corrected chi connectivity index (χ0v) is 19.2. The highest BCUT2D eigenvalue weighted by atomic mass is 35.5. The smallest absolute Gasteiger partial charge is 0.418 e. The van der Waals surface area contributed by atoms with Crippen molar-refractivity contribution in [2.45, 2.75) is 19.0 Å². The van der Waals surface area contributed by atoms with Gasteiger partial charge in [-0.05, 0) is 72.5 Å². The van der Waals surface area contributed by atoms with E-state index >= 15 is 0 Å². The Bertz CT molecular complexity index is 1460. The summed E-state index contributed by atoms with van der Waals surface area (Å²) in [4.78, 5) is 17.2. The molecule has 0 saturated carbocycles. The van der Waals surface area contributed by atoms with Gasteiger partial charge in [0.2, 0.25) is 0 Å². The Labute approximate surface area is 204 Å². The standard InChI is InChI=1S/C27H20ClF3N2O2/c28-26(34)33-11-9-17(10-12-33)13-18-3-1-5-21(14-18)35-22-7-8-24-20(16-22)15-19-4-2-6-23(25(19)32-24)27(29,30)31/h1-8,13-16H,9-12H2. The molecule has 0 bridgehead atoms. The van der Waals surface area contributed by atoms with Crippen LogP contribution in [-0.2, 0) is 6.18 Å². The Hall–Kier alpha value is -3.58. The molecule has 1 fully saturated rings. The van der Waals surface area contributed by atoms with E-state index in [1.807, 2.05) is 24.3 Å². The van der Waals surface area contributed by atoms with E-state index in [1.165, 1.54) is 11.6 Å². The van der Waals surface area contributed by atoms with Gasteiger partial charge < -0.3 is 9.64 Å². The molecule has 4 aromatic rings. The fourth-order valence-corrected chi connectivity index (χ4v) is 4.46. The molecule has 1 saturated heterocycles. The highest BCUT2D eigenvalue weighted by Crippen LogP contribution is 2.35. The van der Waals surface area contributed by atoms with Crippen LogP contribution in [0.2, 0.25) is 0 Å². The normalized spacial score (nSPS) is 14.4. The predicted octanol–water partition coefficient (Wildman–Crippen LogP) is 8.04. The van der Waals surface area contributed by atoms with Gasteiger partial charge in [0.25, 0.3) is 0 Å². The molecule has 0 unspecified atom stereocenters. The van der Waals surface area contributed by atoms with Gasteiger partial charge in [-0.3, -0.25) is 4.79 Å². The van der Waals surface area contributed by atoms with Gasteiger partial charge >= 0.3 is 11.5 Å². The van der Waals surface area contributed by atoms with Gasteiger partial charge in [-0.1, -0.05) is 35.9 Å².